The highest BCUT2D eigenvalue weighted by atomic mass is 32.1. The molecule has 0 fully saturated rings. The van der Waals surface area contributed by atoms with Crippen LogP contribution in [0.1, 0.15) is 23.8 Å². The molecule has 62 valence electrons. The van der Waals surface area contributed by atoms with E-state index in [2.05, 4.69) is 0 Å². The smallest absolute Gasteiger partial charge is 0.201 e. The van der Waals surface area contributed by atoms with Crippen LogP contribution in [-0.2, 0) is 5.92 Å². The molecule has 1 heterocycles. The van der Waals surface area contributed by atoms with Crippen LogP contribution in [0.5, 0.6) is 0 Å². The van der Waals surface area contributed by atoms with Gasteiger partial charge in [0.2, 0.25) is 0 Å². The molecule has 0 aliphatic heterocycles. The van der Waals surface area contributed by atoms with Crippen LogP contribution >= 0.6 is 11.3 Å². The lowest BCUT2D eigenvalue weighted by Crippen LogP contribution is -2.09. The highest BCUT2D eigenvalue weighted by Crippen LogP contribution is 2.33. The minimum Gasteiger partial charge on any atom is -0.201 e. The molecule has 0 nitrogen and oxygen atoms in total. The summed E-state index contributed by atoms with van der Waals surface area (Å²) in [5.41, 5.74) is 0.155. The molecule has 0 N–H and O–H groups in total. The maximum Gasteiger partial charge on any atom is 0.273 e. The molecule has 0 aromatic carbocycles. The summed E-state index contributed by atoms with van der Waals surface area (Å²) >= 11 is 1.37. The van der Waals surface area contributed by atoms with Gasteiger partial charge in [-0.2, -0.15) is 0 Å². The lowest BCUT2D eigenvalue weighted by molar-refractivity contribution is -0.00788. The lowest BCUT2D eigenvalue weighted by Gasteiger charge is -2.10. The van der Waals surface area contributed by atoms with Crippen molar-refractivity contribution in [3.05, 3.63) is 21.9 Å². The first-order chi connectivity index (χ1) is 5.06. The van der Waals surface area contributed by atoms with Gasteiger partial charge in [0, 0.05) is 22.2 Å². The van der Waals surface area contributed by atoms with Gasteiger partial charge in [0.25, 0.3) is 5.92 Å². The van der Waals surface area contributed by atoms with Gasteiger partial charge in [-0.25, -0.2) is 8.78 Å². The topological polar surface area (TPSA) is 0 Å². The third-order valence-electron chi connectivity index (χ3n) is 1.60. The Kier molecular flexibility index (Phi) is 2.28. The number of aryl methyl sites for hydroxylation is 1. The summed E-state index contributed by atoms with van der Waals surface area (Å²) in [5.74, 6) is -2.63. The van der Waals surface area contributed by atoms with Gasteiger partial charge in [-0.1, -0.05) is 6.92 Å². The fourth-order valence-corrected chi connectivity index (χ4v) is 1.59. The molecule has 3 heteroatoms. The Morgan fingerprint density at radius 3 is 2.55 bits per heavy atom. The van der Waals surface area contributed by atoms with E-state index < -0.39 is 5.92 Å². The Morgan fingerprint density at radius 2 is 2.18 bits per heavy atom. The molecule has 0 bridgehead atoms. The van der Waals surface area contributed by atoms with E-state index in [1.807, 2.05) is 6.92 Å². The summed E-state index contributed by atoms with van der Waals surface area (Å²) in [7, 11) is 0. The molecule has 11 heavy (non-hydrogen) atoms. The Bertz CT molecular complexity index is 240. The predicted molar refractivity (Wildman–Crippen MR) is 43.2 cm³/mol. The largest absolute Gasteiger partial charge is 0.273 e. The summed E-state index contributed by atoms with van der Waals surface area (Å²) < 4.78 is 25.8. The van der Waals surface area contributed by atoms with E-state index in [-0.39, 0.29) is 12.0 Å². The fourth-order valence-electron chi connectivity index (χ4n) is 0.839. The van der Waals surface area contributed by atoms with Crippen LogP contribution in [0.3, 0.4) is 0 Å². The Morgan fingerprint density at radius 1 is 1.55 bits per heavy atom. The summed E-state index contributed by atoms with van der Waals surface area (Å²) in [4.78, 5) is 0.938. The van der Waals surface area contributed by atoms with Crippen molar-refractivity contribution in [1.82, 2.24) is 0 Å². The summed E-state index contributed by atoms with van der Waals surface area (Å²) in [6, 6.07) is 1.55. The zero-order valence-electron chi connectivity index (χ0n) is 6.53. The summed E-state index contributed by atoms with van der Waals surface area (Å²) in [6.45, 7) is 3.33. The van der Waals surface area contributed by atoms with Crippen LogP contribution in [0.4, 0.5) is 8.78 Å². The first-order valence-electron chi connectivity index (χ1n) is 3.49. The molecule has 1 aromatic heterocycles. The molecule has 1 rings (SSSR count). The number of thiophene rings is 1. The van der Waals surface area contributed by atoms with Crippen molar-refractivity contribution in [2.24, 2.45) is 0 Å². The highest BCUT2D eigenvalue weighted by Gasteiger charge is 2.29. The van der Waals surface area contributed by atoms with Gasteiger partial charge in [0.1, 0.15) is 0 Å². The predicted octanol–water partition coefficient (Wildman–Crippen LogP) is 3.56. The number of rotatable bonds is 2. The van der Waals surface area contributed by atoms with E-state index in [0.29, 0.717) is 0 Å². The second kappa shape index (κ2) is 2.89. The average Bonchev–Trinajstić information content (AvgIpc) is 2.36. The Hall–Kier alpha value is -0.440. The van der Waals surface area contributed by atoms with Crippen LogP contribution in [0.25, 0.3) is 0 Å². The second-order valence-corrected chi connectivity index (χ2v) is 3.62. The molecular weight excluding hydrogens is 166 g/mol. The average molecular weight is 176 g/mol. The Labute approximate surface area is 68.9 Å². The van der Waals surface area contributed by atoms with E-state index >= 15 is 0 Å². The van der Waals surface area contributed by atoms with E-state index in [1.54, 1.807) is 6.07 Å². The van der Waals surface area contributed by atoms with Crippen molar-refractivity contribution in [2.45, 2.75) is 26.2 Å². The minimum atomic E-state index is -2.63. The van der Waals surface area contributed by atoms with Gasteiger partial charge in [0.05, 0.1) is 0 Å². The van der Waals surface area contributed by atoms with Crippen LogP contribution in [0.15, 0.2) is 11.4 Å². The van der Waals surface area contributed by atoms with E-state index in [9.17, 15) is 8.78 Å². The lowest BCUT2D eigenvalue weighted by atomic mass is 10.1. The van der Waals surface area contributed by atoms with Gasteiger partial charge in [-0.05, 0) is 13.0 Å². The van der Waals surface area contributed by atoms with Crippen molar-refractivity contribution in [1.29, 1.82) is 0 Å². The summed E-state index contributed by atoms with van der Waals surface area (Å²) in [5, 5.41) is 1.53. The van der Waals surface area contributed by atoms with E-state index in [4.69, 9.17) is 0 Å². The van der Waals surface area contributed by atoms with Gasteiger partial charge < -0.3 is 0 Å². The van der Waals surface area contributed by atoms with Gasteiger partial charge >= 0.3 is 0 Å². The first-order valence-corrected chi connectivity index (χ1v) is 4.37. The van der Waals surface area contributed by atoms with Crippen molar-refractivity contribution in [2.75, 3.05) is 0 Å². The maximum absolute atomic E-state index is 12.9. The van der Waals surface area contributed by atoms with Crippen LogP contribution in [0, 0.1) is 6.92 Å². The fraction of sp³-hybridized carbons (Fsp3) is 0.500. The normalized spacial score (nSPS) is 12.0. The standard InChI is InChI=1S/C8H10F2S/c1-3-8(9,10)7-4-6(2)11-5-7/h4-5H,3H2,1-2H3. The third-order valence-corrected chi connectivity index (χ3v) is 2.46. The number of alkyl halides is 2. The molecule has 0 saturated carbocycles. The van der Waals surface area contributed by atoms with Gasteiger partial charge in [-0.15, -0.1) is 11.3 Å². The van der Waals surface area contributed by atoms with E-state index in [0.717, 1.165) is 4.88 Å². The van der Waals surface area contributed by atoms with Crippen molar-refractivity contribution >= 4 is 11.3 Å². The molecule has 1 aromatic rings. The van der Waals surface area contributed by atoms with Crippen LogP contribution in [-0.4, -0.2) is 0 Å². The molecule has 0 aliphatic carbocycles. The monoisotopic (exact) mass is 176 g/mol. The number of halogens is 2. The van der Waals surface area contributed by atoms with Crippen molar-refractivity contribution in [3.63, 3.8) is 0 Å². The van der Waals surface area contributed by atoms with Crippen LogP contribution < -0.4 is 0 Å². The third kappa shape index (κ3) is 1.77. The number of hydrogen-bond donors (Lipinski definition) is 0. The van der Waals surface area contributed by atoms with Crippen molar-refractivity contribution in [3.8, 4) is 0 Å². The molecule has 0 saturated heterocycles. The molecule has 0 unspecified atom stereocenters. The molecular formula is C8H10F2S. The maximum atomic E-state index is 12.9. The molecule has 0 aliphatic rings. The zero-order chi connectivity index (χ0) is 8.48. The minimum absolute atomic E-state index is 0.122. The Balaban J connectivity index is 2.92. The molecule has 0 atom stereocenters. The molecule has 0 spiro atoms. The van der Waals surface area contributed by atoms with Crippen molar-refractivity contribution < 1.29 is 8.78 Å². The number of hydrogen-bond acceptors (Lipinski definition) is 1. The molecule has 0 radical (unpaired) electrons. The summed E-state index contributed by atoms with van der Waals surface area (Å²) in [6.07, 6.45) is -0.122. The quantitative estimate of drug-likeness (QED) is 0.646. The highest BCUT2D eigenvalue weighted by molar-refractivity contribution is 7.10. The zero-order valence-corrected chi connectivity index (χ0v) is 7.34. The van der Waals surface area contributed by atoms with Gasteiger partial charge in [0.15, 0.2) is 0 Å². The van der Waals surface area contributed by atoms with Gasteiger partial charge in [-0.3, -0.25) is 0 Å². The van der Waals surface area contributed by atoms with E-state index in [1.165, 1.54) is 23.6 Å². The SMILES string of the molecule is CCC(F)(F)c1csc(C)c1. The van der Waals surface area contributed by atoms with Crippen LogP contribution in [0.2, 0.25) is 0 Å². The molecule has 0 amide bonds. The first kappa shape index (κ1) is 8.65. The second-order valence-electron chi connectivity index (χ2n) is 2.50.